The fourth-order valence-corrected chi connectivity index (χ4v) is 3.21. The van der Waals surface area contributed by atoms with E-state index in [-0.39, 0.29) is 36.9 Å². The molecule has 0 spiro atoms. The number of halogens is 1. The summed E-state index contributed by atoms with van der Waals surface area (Å²) in [6.07, 6.45) is 2.77. The van der Waals surface area contributed by atoms with E-state index >= 15 is 0 Å². The maximum Gasteiger partial charge on any atom is 0.224 e. The molecule has 1 amide bonds. The summed E-state index contributed by atoms with van der Waals surface area (Å²) in [5.41, 5.74) is 0.651. The van der Waals surface area contributed by atoms with Crippen LogP contribution in [0.1, 0.15) is 26.7 Å². The van der Waals surface area contributed by atoms with Gasteiger partial charge in [0.1, 0.15) is 5.82 Å². The van der Waals surface area contributed by atoms with E-state index < -0.39 is 5.82 Å². The molecule has 1 aromatic carbocycles. The van der Waals surface area contributed by atoms with Gasteiger partial charge in [0.15, 0.2) is 11.6 Å². The van der Waals surface area contributed by atoms with Crippen LogP contribution in [0.15, 0.2) is 42.6 Å². The van der Waals surface area contributed by atoms with Crippen LogP contribution in [0.3, 0.4) is 0 Å². The minimum Gasteiger partial charge on any atom is -0.491 e. The molecular weight excluding hydrogens is 361 g/mol. The lowest BCUT2D eigenvalue weighted by atomic mass is 10.2. The molecule has 1 aromatic heterocycles. The second-order valence-corrected chi connectivity index (χ2v) is 7.00. The number of carbonyl (C=O) groups is 1. The molecule has 28 heavy (non-hydrogen) atoms. The Labute approximate surface area is 164 Å². The molecule has 0 bridgehead atoms. The number of anilines is 2. The molecule has 0 aliphatic carbocycles. The minimum absolute atomic E-state index is 0.125. The van der Waals surface area contributed by atoms with Gasteiger partial charge in [-0.3, -0.25) is 4.79 Å². The van der Waals surface area contributed by atoms with Gasteiger partial charge in [-0.15, -0.1) is 0 Å². The third-order valence-electron chi connectivity index (χ3n) is 4.42. The Kier molecular flexibility index (Phi) is 6.81. The average molecular weight is 387 g/mol. The molecule has 1 saturated heterocycles. The number of carbonyl (C=O) groups excluding carboxylic acids is 1. The van der Waals surface area contributed by atoms with E-state index in [2.05, 4.69) is 15.2 Å². The van der Waals surface area contributed by atoms with Crippen molar-refractivity contribution in [1.29, 1.82) is 0 Å². The van der Waals surface area contributed by atoms with Crippen molar-refractivity contribution in [3.8, 4) is 5.75 Å². The molecule has 7 heteroatoms. The molecule has 1 N–H and O–H groups in total. The van der Waals surface area contributed by atoms with Crippen molar-refractivity contribution in [2.45, 2.75) is 38.9 Å². The summed E-state index contributed by atoms with van der Waals surface area (Å²) in [6, 6.07) is 9.98. The van der Waals surface area contributed by atoms with Crippen molar-refractivity contribution < 1.29 is 18.7 Å². The molecule has 2 atom stereocenters. The molecular formula is C21H26FN3O3. The monoisotopic (exact) mass is 387 g/mol. The molecule has 2 aromatic rings. The lowest BCUT2D eigenvalue weighted by molar-refractivity contribution is -0.116. The van der Waals surface area contributed by atoms with Crippen LogP contribution in [0.2, 0.25) is 0 Å². The van der Waals surface area contributed by atoms with Gasteiger partial charge in [-0.05, 0) is 44.5 Å². The highest BCUT2D eigenvalue weighted by molar-refractivity contribution is 5.90. The molecule has 6 nitrogen and oxygen atoms in total. The van der Waals surface area contributed by atoms with E-state index in [1.165, 1.54) is 6.07 Å². The van der Waals surface area contributed by atoms with Gasteiger partial charge in [0.2, 0.25) is 5.91 Å². The molecule has 1 aliphatic heterocycles. The second-order valence-electron chi connectivity index (χ2n) is 7.00. The minimum atomic E-state index is -0.401. The zero-order chi connectivity index (χ0) is 19.9. The van der Waals surface area contributed by atoms with Crippen LogP contribution >= 0.6 is 0 Å². The van der Waals surface area contributed by atoms with Crippen LogP contribution in [0.5, 0.6) is 5.75 Å². The maximum atomic E-state index is 13.5. The van der Waals surface area contributed by atoms with Crippen LogP contribution < -0.4 is 15.0 Å². The normalized spacial score (nSPS) is 19.3. The van der Waals surface area contributed by atoms with Crippen molar-refractivity contribution in [1.82, 2.24) is 4.98 Å². The SMILES string of the molecule is CC1CN(c2ccc(NC(=O)CCCOc3ccccc3F)cn2)CC(C)O1. The Bertz CT molecular complexity index is 775. The zero-order valence-electron chi connectivity index (χ0n) is 16.2. The van der Waals surface area contributed by atoms with Crippen molar-refractivity contribution >= 4 is 17.4 Å². The number of aromatic nitrogens is 1. The predicted molar refractivity (Wildman–Crippen MR) is 106 cm³/mol. The number of benzene rings is 1. The van der Waals surface area contributed by atoms with Crippen molar-refractivity contribution in [3.05, 3.63) is 48.4 Å². The first kappa shape index (κ1) is 20.1. The predicted octanol–water partition coefficient (Wildman–Crippen LogP) is 3.63. The number of hydrogen-bond donors (Lipinski definition) is 1. The Morgan fingerprint density at radius 3 is 2.68 bits per heavy atom. The molecule has 0 saturated carbocycles. The van der Waals surface area contributed by atoms with Gasteiger partial charge in [0.25, 0.3) is 0 Å². The van der Waals surface area contributed by atoms with E-state index in [9.17, 15) is 9.18 Å². The number of hydrogen-bond acceptors (Lipinski definition) is 5. The Balaban J connectivity index is 1.42. The number of nitrogens with one attached hydrogen (secondary N) is 1. The largest absolute Gasteiger partial charge is 0.491 e. The van der Waals surface area contributed by atoms with Crippen molar-refractivity contribution in [2.75, 3.05) is 29.9 Å². The van der Waals surface area contributed by atoms with Crippen LogP contribution in [-0.2, 0) is 9.53 Å². The number of rotatable bonds is 7. The summed E-state index contributed by atoms with van der Waals surface area (Å²) in [6.45, 7) is 5.97. The Morgan fingerprint density at radius 1 is 1.25 bits per heavy atom. The third-order valence-corrected chi connectivity index (χ3v) is 4.42. The molecule has 0 radical (unpaired) electrons. The lowest BCUT2D eigenvalue weighted by Gasteiger charge is -2.36. The number of amides is 1. The topological polar surface area (TPSA) is 63.7 Å². The van der Waals surface area contributed by atoms with Gasteiger partial charge < -0.3 is 19.7 Å². The Hall–Kier alpha value is -2.67. The van der Waals surface area contributed by atoms with Crippen molar-refractivity contribution in [2.24, 2.45) is 0 Å². The van der Waals surface area contributed by atoms with E-state index in [1.54, 1.807) is 24.4 Å². The average Bonchev–Trinajstić information content (AvgIpc) is 2.66. The zero-order valence-corrected chi connectivity index (χ0v) is 16.2. The van der Waals surface area contributed by atoms with E-state index in [0.29, 0.717) is 12.1 Å². The van der Waals surface area contributed by atoms with Gasteiger partial charge in [0.05, 0.1) is 30.7 Å². The number of para-hydroxylation sites is 1. The highest BCUT2D eigenvalue weighted by atomic mass is 19.1. The lowest BCUT2D eigenvalue weighted by Crippen LogP contribution is -2.45. The van der Waals surface area contributed by atoms with E-state index in [1.807, 2.05) is 26.0 Å². The van der Waals surface area contributed by atoms with E-state index in [0.717, 1.165) is 18.9 Å². The fourth-order valence-electron chi connectivity index (χ4n) is 3.21. The summed E-state index contributed by atoms with van der Waals surface area (Å²) >= 11 is 0. The summed E-state index contributed by atoms with van der Waals surface area (Å²) in [7, 11) is 0. The Morgan fingerprint density at radius 2 is 2.00 bits per heavy atom. The third kappa shape index (κ3) is 5.66. The second kappa shape index (κ2) is 9.50. The summed E-state index contributed by atoms with van der Waals surface area (Å²) < 4.78 is 24.5. The molecule has 150 valence electrons. The van der Waals surface area contributed by atoms with Gasteiger partial charge in [0, 0.05) is 19.5 Å². The number of nitrogens with zero attached hydrogens (tertiary/aromatic N) is 2. The standard InChI is InChI=1S/C21H26FN3O3/c1-15-13-25(14-16(2)28-15)20-10-9-17(12-23-20)24-21(26)8-5-11-27-19-7-4-3-6-18(19)22/h3-4,6-7,9-10,12,15-16H,5,8,11,13-14H2,1-2H3,(H,24,26). The van der Waals surface area contributed by atoms with E-state index in [4.69, 9.17) is 9.47 Å². The number of ether oxygens (including phenoxy) is 2. The van der Waals surface area contributed by atoms with Gasteiger partial charge in [-0.25, -0.2) is 9.37 Å². The summed E-state index contributed by atoms with van der Waals surface area (Å²) in [5, 5.41) is 2.83. The van der Waals surface area contributed by atoms with Crippen LogP contribution in [0, 0.1) is 5.82 Å². The quantitative estimate of drug-likeness (QED) is 0.735. The smallest absolute Gasteiger partial charge is 0.224 e. The summed E-state index contributed by atoms with van der Waals surface area (Å²) in [5.74, 6) is 0.551. The van der Waals surface area contributed by atoms with Gasteiger partial charge in [-0.1, -0.05) is 12.1 Å². The van der Waals surface area contributed by atoms with Gasteiger partial charge >= 0.3 is 0 Å². The molecule has 1 aliphatic rings. The van der Waals surface area contributed by atoms with Crippen LogP contribution in [-0.4, -0.2) is 42.8 Å². The molecule has 2 unspecified atom stereocenters. The number of morpholine rings is 1. The highest BCUT2D eigenvalue weighted by Gasteiger charge is 2.23. The van der Waals surface area contributed by atoms with Crippen LogP contribution in [0.4, 0.5) is 15.9 Å². The van der Waals surface area contributed by atoms with Gasteiger partial charge in [-0.2, -0.15) is 0 Å². The molecule has 3 rings (SSSR count). The first-order chi connectivity index (χ1) is 13.5. The highest BCUT2D eigenvalue weighted by Crippen LogP contribution is 2.20. The first-order valence-electron chi connectivity index (χ1n) is 9.55. The maximum absolute atomic E-state index is 13.5. The van der Waals surface area contributed by atoms with Crippen LogP contribution in [0.25, 0.3) is 0 Å². The molecule has 2 heterocycles. The fraction of sp³-hybridized carbons (Fsp3) is 0.429. The first-order valence-corrected chi connectivity index (χ1v) is 9.55. The molecule has 1 fully saturated rings. The summed E-state index contributed by atoms with van der Waals surface area (Å²) in [4.78, 5) is 18.7. The van der Waals surface area contributed by atoms with Crippen molar-refractivity contribution in [3.63, 3.8) is 0 Å². The number of pyridine rings is 1.